The Hall–Kier alpha value is -1.10. The Kier molecular flexibility index (Phi) is 4.93. The Balaban J connectivity index is 2.75. The number of carbonyl (C=O) groups is 2. The summed E-state index contributed by atoms with van der Waals surface area (Å²) in [5.41, 5.74) is 0. The highest BCUT2D eigenvalue weighted by Crippen LogP contribution is 2.15. The van der Waals surface area contributed by atoms with Gasteiger partial charge < -0.3 is 15.0 Å². The normalized spacial score (nSPS) is 26.9. The van der Waals surface area contributed by atoms with Gasteiger partial charge in [-0.1, -0.05) is 13.8 Å². The molecule has 1 fully saturated rings. The second kappa shape index (κ2) is 6.00. The molecule has 17 heavy (non-hydrogen) atoms. The molecule has 1 aliphatic rings. The van der Waals surface area contributed by atoms with E-state index < -0.39 is 6.04 Å². The highest BCUT2D eigenvalue weighted by Gasteiger charge is 2.37. The predicted octanol–water partition coefficient (Wildman–Crippen LogP) is 0.394. The second-order valence-electron chi connectivity index (χ2n) is 4.71. The molecule has 1 saturated heterocycles. The van der Waals surface area contributed by atoms with Gasteiger partial charge in [0.05, 0.1) is 6.61 Å². The smallest absolute Gasteiger partial charge is 0.245 e. The first-order chi connectivity index (χ1) is 8.01. The molecule has 0 spiro atoms. The van der Waals surface area contributed by atoms with Gasteiger partial charge in [0.25, 0.3) is 0 Å². The van der Waals surface area contributed by atoms with Crippen LogP contribution in [0.2, 0.25) is 0 Å². The van der Waals surface area contributed by atoms with Crippen molar-refractivity contribution in [3.8, 4) is 0 Å². The number of nitrogens with zero attached hydrogens (tertiary/aromatic N) is 1. The Morgan fingerprint density at radius 1 is 1.47 bits per heavy atom. The SMILES string of the molecule is CCC1C(=O)NC(C)C(=O)N1CC(C)COC. The minimum Gasteiger partial charge on any atom is -0.384 e. The summed E-state index contributed by atoms with van der Waals surface area (Å²) >= 11 is 0. The van der Waals surface area contributed by atoms with E-state index in [0.29, 0.717) is 19.6 Å². The van der Waals surface area contributed by atoms with Crippen molar-refractivity contribution < 1.29 is 14.3 Å². The highest BCUT2D eigenvalue weighted by molar-refractivity contribution is 5.96. The molecule has 0 aromatic rings. The zero-order valence-corrected chi connectivity index (χ0v) is 11.0. The fourth-order valence-corrected chi connectivity index (χ4v) is 2.21. The molecular weight excluding hydrogens is 220 g/mol. The van der Waals surface area contributed by atoms with E-state index >= 15 is 0 Å². The summed E-state index contributed by atoms with van der Waals surface area (Å²) in [5.74, 6) is 0.180. The fourth-order valence-electron chi connectivity index (χ4n) is 2.21. The van der Waals surface area contributed by atoms with Crippen LogP contribution >= 0.6 is 0 Å². The van der Waals surface area contributed by atoms with Crippen LogP contribution in [0.3, 0.4) is 0 Å². The predicted molar refractivity (Wildman–Crippen MR) is 64.4 cm³/mol. The molecule has 0 aromatic carbocycles. The minimum absolute atomic E-state index is 0.000553. The third-order valence-corrected chi connectivity index (χ3v) is 3.04. The summed E-state index contributed by atoms with van der Waals surface area (Å²) in [7, 11) is 1.64. The van der Waals surface area contributed by atoms with Crippen LogP contribution in [-0.2, 0) is 14.3 Å². The van der Waals surface area contributed by atoms with Crippen molar-refractivity contribution in [3.05, 3.63) is 0 Å². The first kappa shape index (κ1) is 14.0. The largest absolute Gasteiger partial charge is 0.384 e. The van der Waals surface area contributed by atoms with Crippen LogP contribution in [0.5, 0.6) is 0 Å². The lowest BCUT2D eigenvalue weighted by molar-refractivity contribution is -0.149. The lowest BCUT2D eigenvalue weighted by atomic mass is 10.0. The highest BCUT2D eigenvalue weighted by atomic mass is 16.5. The number of rotatable bonds is 5. The Bertz CT molecular complexity index is 293. The fraction of sp³-hybridized carbons (Fsp3) is 0.833. The van der Waals surface area contributed by atoms with Gasteiger partial charge in [0.15, 0.2) is 0 Å². The van der Waals surface area contributed by atoms with E-state index in [-0.39, 0.29) is 23.8 Å². The zero-order valence-electron chi connectivity index (χ0n) is 11.0. The van der Waals surface area contributed by atoms with E-state index in [9.17, 15) is 9.59 Å². The molecule has 3 atom stereocenters. The summed E-state index contributed by atoms with van der Waals surface area (Å²) < 4.78 is 5.06. The first-order valence-electron chi connectivity index (χ1n) is 6.11. The van der Waals surface area contributed by atoms with Gasteiger partial charge in [-0.25, -0.2) is 0 Å². The van der Waals surface area contributed by atoms with Crippen LogP contribution in [0.1, 0.15) is 27.2 Å². The van der Waals surface area contributed by atoms with Crippen molar-refractivity contribution in [1.82, 2.24) is 10.2 Å². The summed E-state index contributed by atoms with van der Waals surface area (Å²) in [6, 6.07) is -0.752. The molecule has 0 aliphatic carbocycles. The molecular formula is C12H22N2O3. The van der Waals surface area contributed by atoms with Crippen LogP contribution in [0.15, 0.2) is 0 Å². The van der Waals surface area contributed by atoms with Gasteiger partial charge in [-0.05, 0) is 19.3 Å². The standard InChI is InChI=1S/C12H22N2O3/c1-5-10-11(15)13-9(3)12(16)14(10)6-8(2)7-17-4/h8-10H,5-7H2,1-4H3,(H,13,15). The van der Waals surface area contributed by atoms with Crippen molar-refractivity contribution in [2.75, 3.05) is 20.3 Å². The van der Waals surface area contributed by atoms with Crippen LogP contribution in [-0.4, -0.2) is 49.1 Å². The molecule has 1 N–H and O–H groups in total. The van der Waals surface area contributed by atoms with Gasteiger partial charge in [0.1, 0.15) is 12.1 Å². The molecule has 5 heteroatoms. The lowest BCUT2D eigenvalue weighted by Gasteiger charge is -2.38. The van der Waals surface area contributed by atoms with Crippen molar-refractivity contribution in [1.29, 1.82) is 0 Å². The van der Waals surface area contributed by atoms with E-state index in [2.05, 4.69) is 5.32 Å². The van der Waals surface area contributed by atoms with Crippen LogP contribution in [0.25, 0.3) is 0 Å². The number of amides is 2. The molecule has 2 amide bonds. The number of hydrogen-bond donors (Lipinski definition) is 1. The molecule has 0 aromatic heterocycles. The van der Waals surface area contributed by atoms with E-state index in [1.165, 1.54) is 0 Å². The van der Waals surface area contributed by atoms with Crippen molar-refractivity contribution in [2.24, 2.45) is 5.92 Å². The number of hydrogen-bond acceptors (Lipinski definition) is 3. The molecule has 1 aliphatic heterocycles. The number of carbonyl (C=O) groups excluding carboxylic acids is 2. The number of methoxy groups -OCH3 is 1. The van der Waals surface area contributed by atoms with Gasteiger partial charge in [-0.3, -0.25) is 9.59 Å². The van der Waals surface area contributed by atoms with Crippen LogP contribution < -0.4 is 5.32 Å². The molecule has 1 heterocycles. The van der Waals surface area contributed by atoms with E-state index in [0.717, 1.165) is 0 Å². The van der Waals surface area contributed by atoms with Crippen molar-refractivity contribution in [3.63, 3.8) is 0 Å². The van der Waals surface area contributed by atoms with Gasteiger partial charge >= 0.3 is 0 Å². The van der Waals surface area contributed by atoms with Crippen molar-refractivity contribution >= 4 is 11.8 Å². The third-order valence-electron chi connectivity index (χ3n) is 3.04. The number of nitrogens with one attached hydrogen (secondary N) is 1. The van der Waals surface area contributed by atoms with Crippen LogP contribution in [0, 0.1) is 5.92 Å². The molecule has 0 radical (unpaired) electrons. The Morgan fingerprint density at radius 3 is 2.65 bits per heavy atom. The minimum atomic E-state index is -0.417. The third kappa shape index (κ3) is 3.19. The molecule has 98 valence electrons. The average Bonchev–Trinajstić information content (AvgIpc) is 2.26. The lowest BCUT2D eigenvalue weighted by Crippen LogP contribution is -2.63. The molecule has 0 bridgehead atoms. The maximum atomic E-state index is 12.1. The molecule has 1 rings (SSSR count). The van der Waals surface area contributed by atoms with Gasteiger partial charge in [0, 0.05) is 13.7 Å². The first-order valence-corrected chi connectivity index (χ1v) is 6.11. The molecule has 5 nitrogen and oxygen atoms in total. The average molecular weight is 242 g/mol. The Morgan fingerprint density at radius 2 is 2.12 bits per heavy atom. The number of ether oxygens (including phenoxy) is 1. The number of piperazine rings is 1. The van der Waals surface area contributed by atoms with Gasteiger partial charge in [-0.2, -0.15) is 0 Å². The van der Waals surface area contributed by atoms with Gasteiger partial charge in [0.2, 0.25) is 11.8 Å². The zero-order chi connectivity index (χ0) is 13.0. The summed E-state index contributed by atoms with van der Waals surface area (Å²) in [6.45, 7) is 6.82. The van der Waals surface area contributed by atoms with E-state index in [1.807, 2.05) is 13.8 Å². The molecule has 0 saturated carbocycles. The summed E-state index contributed by atoms with van der Waals surface area (Å²) in [6.07, 6.45) is 0.643. The molecule has 3 unspecified atom stereocenters. The van der Waals surface area contributed by atoms with Crippen LogP contribution in [0.4, 0.5) is 0 Å². The van der Waals surface area contributed by atoms with Gasteiger partial charge in [-0.15, -0.1) is 0 Å². The Labute approximate surface area is 102 Å². The second-order valence-corrected chi connectivity index (χ2v) is 4.71. The van der Waals surface area contributed by atoms with E-state index in [1.54, 1.807) is 18.9 Å². The van der Waals surface area contributed by atoms with Crippen molar-refractivity contribution in [2.45, 2.75) is 39.3 Å². The maximum Gasteiger partial charge on any atom is 0.245 e. The maximum absolute atomic E-state index is 12.1. The summed E-state index contributed by atoms with van der Waals surface area (Å²) in [4.78, 5) is 25.5. The van der Waals surface area contributed by atoms with E-state index in [4.69, 9.17) is 4.74 Å². The monoisotopic (exact) mass is 242 g/mol. The summed E-state index contributed by atoms with van der Waals surface area (Å²) in [5, 5.41) is 2.70. The topological polar surface area (TPSA) is 58.6 Å². The quantitative estimate of drug-likeness (QED) is 0.759.